The fourth-order valence-electron chi connectivity index (χ4n) is 11.6. The number of fused-ring (bicyclic) bond motifs is 8. The predicted octanol–water partition coefficient (Wildman–Crippen LogP) is 15.7. The Balaban J connectivity index is 1.05. The lowest BCUT2D eigenvalue weighted by atomic mass is 9.66. The first-order valence-electron chi connectivity index (χ1n) is 23.0. The predicted molar refractivity (Wildman–Crippen MR) is 264 cm³/mol. The van der Waals surface area contributed by atoms with Crippen LogP contribution in [0.3, 0.4) is 0 Å². The third-order valence-electron chi connectivity index (χ3n) is 14.3. The van der Waals surface area contributed by atoms with Crippen LogP contribution in [0.4, 0.5) is 17.1 Å². The molecule has 63 heavy (non-hydrogen) atoms. The maximum atomic E-state index is 2.65. The van der Waals surface area contributed by atoms with Gasteiger partial charge in [0.25, 0.3) is 0 Å². The van der Waals surface area contributed by atoms with Gasteiger partial charge in [0.05, 0.1) is 11.1 Å². The van der Waals surface area contributed by atoms with Crippen molar-refractivity contribution >= 4 is 39.4 Å². The molecule has 1 unspecified atom stereocenters. The first-order valence-corrected chi connectivity index (χ1v) is 23.0. The van der Waals surface area contributed by atoms with Crippen molar-refractivity contribution in [3.05, 3.63) is 268 Å². The summed E-state index contributed by atoms with van der Waals surface area (Å²) in [7, 11) is 0. The summed E-state index contributed by atoms with van der Waals surface area (Å²) in [6.07, 6.45) is 25.2. The quantitative estimate of drug-likeness (QED) is 0.151. The fraction of sp³-hybridized carbons (Fsp3) is 0.148. The van der Waals surface area contributed by atoms with Crippen molar-refractivity contribution in [3.63, 3.8) is 0 Å². The van der Waals surface area contributed by atoms with Gasteiger partial charge in [0.1, 0.15) is 0 Å². The summed E-state index contributed by atoms with van der Waals surface area (Å²) in [6.45, 7) is 0. The van der Waals surface area contributed by atoms with Crippen molar-refractivity contribution in [3.8, 4) is 0 Å². The topological polar surface area (TPSA) is 6.48 Å². The van der Waals surface area contributed by atoms with Gasteiger partial charge in [-0.25, -0.2) is 0 Å². The van der Waals surface area contributed by atoms with E-state index in [9.17, 15) is 0 Å². The number of hydrogen-bond acceptors (Lipinski definition) is 2. The molecule has 6 aliphatic rings. The zero-order chi connectivity index (χ0) is 41.7. The molecule has 0 aromatic heterocycles. The van der Waals surface area contributed by atoms with Gasteiger partial charge in [-0.05, 0) is 161 Å². The number of para-hydroxylation sites is 2. The summed E-state index contributed by atoms with van der Waals surface area (Å²) in [5.41, 5.74) is 24.3. The lowest BCUT2D eigenvalue weighted by Crippen LogP contribution is -2.31. The van der Waals surface area contributed by atoms with Crippen molar-refractivity contribution in [2.24, 2.45) is 0 Å². The van der Waals surface area contributed by atoms with E-state index in [1.54, 1.807) is 5.57 Å². The van der Waals surface area contributed by atoms with Crippen molar-refractivity contribution in [2.75, 3.05) is 9.80 Å². The van der Waals surface area contributed by atoms with Crippen LogP contribution in [0, 0.1) is 0 Å². The number of nitrogens with zero attached hydrogens (tertiary/aromatic N) is 2. The Labute approximate surface area is 372 Å². The van der Waals surface area contributed by atoms with E-state index in [2.05, 4.69) is 216 Å². The molecule has 0 N–H and O–H groups in total. The molecule has 0 radical (unpaired) electrons. The van der Waals surface area contributed by atoms with Crippen LogP contribution in [0.2, 0.25) is 0 Å². The molecule has 0 fully saturated rings. The van der Waals surface area contributed by atoms with E-state index in [-0.39, 0.29) is 5.41 Å². The molecule has 0 saturated carbocycles. The van der Waals surface area contributed by atoms with Gasteiger partial charge < -0.3 is 9.80 Å². The van der Waals surface area contributed by atoms with E-state index in [1.165, 1.54) is 95.4 Å². The lowest BCUT2D eigenvalue weighted by molar-refractivity contribution is 0.701. The maximum Gasteiger partial charge on any atom is 0.0686 e. The normalized spacial score (nSPS) is 19.6. The van der Waals surface area contributed by atoms with Crippen LogP contribution in [0.25, 0.3) is 22.3 Å². The zero-order valence-electron chi connectivity index (χ0n) is 35.7. The van der Waals surface area contributed by atoms with Gasteiger partial charge in [-0.3, -0.25) is 0 Å². The number of benzene rings is 6. The zero-order valence-corrected chi connectivity index (χ0v) is 35.7. The number of hydrogen-bond donors (Lipinski definition) is 0. The van der Waals surface area contributed by atoms with Gasteiger partial charge in [0.2, 0.25) is 0 Å². The number of allylic oxidation sites excluding steroid dienone is 16. The SMILES string of the molecule is C1=CC2=C(CC1)C1(C3=C(CCC(N(C4=CC(c5ccccc5)=CCC4)c4ccccc4)=C3)c3ccccc31)c1cccc(N(C3=CC=C(c4ccccc4)CC3)c3ccccc3)c12. The Hall–Kier alpha value is -7.16. The minimum Gasteiger partial charge on any atom is -0.318 e. The minimum atomic E-state index is -0.384. The monoisotopic (exact) mass is 810 g/mol. The van der Waals surface area contributed by atoms with E-state index in [0.717, 1.165) is 51.4 Å². The lowest BCUT2D eigenvalue weighted by Gasteiger charge is -2.38. The van der Waals surface area contributed by atoms with Crippen molar-refractivity contribution in [1.82, 2.24) is 0 Å². The third-order valence-corrected chi connectivity index (χ3v) is 14.3. The molecule has 6 aromatic carbocycles. The summed E-state index contributed by atoms with van der Waals surface area (Å²) in [5, 5.41) is 0. The Morgan fingerprint density at radius 1 is 0.460 bits per heavy atom. The molecular formula is C61H50N2. The summed E-state index contributed by atoms with van der Waals surface area (Å²) in [5.74, 6) is 0. The molecule has 6 aliphatic carbocycles. The second-order valence-electron chi connectivity index (χ2n) is 17.6. The van der Waals surface area contributed by atoms with E-state index in [4.69, 9.17) is 0 Å². The first-order chi connectivity index (χ1) is 31.3. The van der Waals surface area contributed by atoms with Crippen LogP contribution in [-0.2, 0) is 5.41 Å². The van der Waals surface area contributed by atoms with E-state index < -0.39 is 0 Å². The highest BCUT2D eigenvalue weighted by molar-refractivity contribution is 6.02. The van der Waals surface area contributed by atoms with Gasteiger partial charge >= 0.3 is 0 Å². The minimum absolute atomic E-state index is 0.384. The highest BCUT2D eigenvalue weighted by Gasteiger charge is 2.54. The fourth-order valence-corrected chi connectivity index (χ4v) is 11.6. The summed E-state index contributed by atoms with van der Waals surface area (Å²) in [4.78, 5) is 5.19. The van der Waals surface area contributed by atoms with Crippen LogP contribution in [-0.4, -0.2) is 0 Å². The molecule has 1 spiro atoms. The molecule has 0 amide bonds. The average Bonchev–Trinajstić information content (AvgIpc) is 3.83. The van der Waals surface area contributed by atoms with Gasteiger partial charge in [0, 0.05) is 34.0 Å². The number of rotatable bonds is 8. The van der Waals surface area contributed by atoms with E-state index >= 15 is 0 Å². The molecule has 0 aliphatic heterocycles. The summed E-state index contributed by atoms with van der Waals surface area (Å²) < 4.78 is 0. The Morgan fingerprint density at radius 2 is 1.11 bits per heavy atom. The highest BCUT2D eigenvalue weighted by Crippen LogP contribution is 2.66. The largest absolute Gasteiger partial charge is 0.318 e. The molecule has 6 aromatic rings. The van der Waals surface area contributed by atoms with E-state index in [1.807, 2.05) is 0 Å². The second-order valence-corrected chi connectivity index (χ2v) is 17.6. The first kappa shape index (κ1) is 37.6. The maximum absolute atomic E-state index is 2.65. The van der Waals surface area contributed by atoms with Gasteiger partial charge in [-0.2, -0.15) is 0 Å². The third kappa shape index (κ3) is 6.15. The van der Waals surface area contributed by atoms with Crippen LogP contribution in [0.5, 0.6) is 0 Å². The van der Waals surface area contributed by atoms with Crippen LogP contribution in [0.15, 0.2) is 235 Å². The Kier molecular flexibility index (Phi) is 9.33. The average molecular weight is 811 g/mol. The van der Waals surface area contributed by atoms with Crippen LogP contribution < -0.4 is 9.80 Å². The van der Waals surface area contributed by atoms with Gasteiger partial charge in [0.15, 0.2) is 0 Å². The molecule has 0 saturated heterocycles. The standard InChI is InChI=1S/C61H50N2/c1-5-19-43(20-6-1)45-35-37-49(38-36-45)63(48-26-11-4-12-27-48)59-34-18-33-57-60(59)54-30-14-16-32-56(54)61(57)55-31-15-13-29-52(55)53-40-39-51(42-58(53)61)62(47-24-9-3-10-25-47)50-28-17-23-46(41-50)44-21-7-2-8-22-44/h1-15,18-27,29-31,33-35,37,41-42H,16-17,28,32,36,38-40H2. The number of anilines is 3. The van der Waals surface area contributed by atoms with Crippen molar-refractivity contribution < 1.29 is 0 Å². The molecular weight excluding hydrogens is 761 g/mol. The summed E-state index contributed by atoms with van der Waals surface area (Å²) >= 11 is 0. The van der Waals surface area contributed by atoms with Crippen LogP contribution >= 0.6 is 0 Å². The van der Waals surface area contributed by atoms with Crippen LogP contribution in [0.1, 0.15) is 84.7 Å². The van der Waals surface area contributed by atoms with Crippen molar-refractivity contribution in [2.45, 2.75) is 56.8 Å². The van der Waals surface area contributed by atoms with E-state index in [0.29, 0.717) is 0 Å². The molecule has 12 rings (SSSR count). The molecule has 0 heterocycles. The van der Waals surface area contributed by atoms with Crippen molar-refractivity contribution in [1.29, 1.82) is 0 Å². The highest BCUT2D eigenvalue weighted by atomic mass is 15.2. The smallest absolute Gasteiger partial charge is 0.0686 e. The molecule has 304 valence electrons. The van der Waals surface area contributed by atoms with Gasteiger partial charge in [-0.1, -0.05) is 158 Å². The Morgan fingerprint density at radius 3 is 1.86 bits per heavy atom. The molecule has 0 bridgehead atoms. The molecule has 2 heteroatoms. The van der Waals surface area contributed by atoms with Gasteiger partial charge in [-0.15, -0.1) is 0 Å². The molecule has 1 atom stereocenters. The Bertz CT molecular complexity index is 3030. The summed E-state index contributed by atoms with van der Waals surface area (Å²) in [6, 6.07) is 60.6. The second kappa shape index (κ2) is 15.6. The molecule has 2 nitrogen and oxygen atoms in total.